The Hall–Kier alpha value is -2.96. The Kier molecular flexibility index (Phi) is 10.7. The molecular formula is C37H29Cl2PTi-2. The van der Waals surface area contributed by atoms with Gasteiger partial charge >= 0.3 is 35.6 Å². The van der Waals surface area contributed by atoms with Gasteiger partial charge in [-0.25, -0.2) is 0 Å². The SMILES string of the molecule is Cc1cc2c(-c3ccccc3)cccc2[cH-]1.[Cl][Ti][Cl].c1ccc(P(c2ccccc2)c2cc3ccccc3[cH-]2)cc1. The second-order valence-electron chi connectivity index (χ2n) is 9.63. The van der Waals surface area contributed by atoms with E-state index in [1.54, 1.807) is 0 Å². The molecule has 0 nitrogen and oxygen atoms in total. The minimum atomic E-state index is -0.556. The molecule has 0 saturated carbocycles. The maximum absolute atomic E-state index is 4.89. The van der Waals surface area contributed by atoms with Crippen LogP contribution in [0.25, 0.3) is 32.7 Å². The molecule has 0 amide bonds. The average Bonchev–Trinajstić information content (AvgIpc) is 3.62. The Labute approximate surface area is 260 Å². The van der Waals surface area contributed by atoms with Crippen molar-refractivity contribution in [2.45, 2.75) is 6.92 Å². The van der Waals surface area contributed by atoms with Gasteiger partial charge in [0.2, 0.25) is 0 Å². The number of aryl methyl sites for hydroxylation is 1. The molecule has 0 aliphatic heterocycles. The topological polar surface area (TPSA) is 0 Å². The Morgan fingerprint density at radius 3 is 1.71 bits per heavy atom. The first-order chi connectivity index (χ1) is 20.2. The van der Waals surface area contributed by atoms with Crippen molar-refractivity contribution in [2.75, 3.05) is 0 Å². The van der Waals surface area contributed by atoms with Crippen LogP contribution in [0.1, 0.15) is 5.56 Å². The molecule has 0 aliphatic rings. The van der Waals surface area contributed by atoms with Crippen LogP contribution < -0.4 is 15.9 Å². The first-order valence-electron chi connectivity index (χ1n) is 13.4. The van der Waals surface area contributed by atoms with Crippen LogP contribution in [0.5, 0.6) is 0 Å². The predicted molar refractivity (Wildman–Crippen MR) is 180 cm³/mol. The van der Waals surface area contributed by atoms with E-state index in [9.17, 15) is 0 Å². The van der Waals surface area contributed by atoms with Gasteiger partial charge in [-0.15, -0.1) is 74.9 Å². The van der Waals surface area contributed by atoms with E-state index < -0.39 is 25.0 Å². The molecule has 0 aliphatic carbocycles. The van der Waals surface area contributed by atoms with Crippen molar-refractivity contribution in [3.8, 4) is 11.1 Å². The van der Waals surface area contributed by atoms with Gasteiger partial charge in [0.05, 0.1) is 0 Å². The van der Waals surface area contributed by atoms with E-state index in [-0.39, 0.29) is 0 Å². The summed E-state index contributed by atoms with van der Waals surface area (Å²) in [5.74, 6) is 0. The van der Waals surface area contributed by atoms with Crippen molar-refractivity contribution in [1.82, 2.24) is 0 Å². The van der Waals surface area contributed by atoms with E-state index in [1.165, 1.54) is 54.1 Å². The molecule has 0 unspecified atom stereocenters. The van der Waals surface area contributed by atoms with Crippen LogP contribution in [0.3, 0.4) is 0 Å². The summed E-state index contributed by atoms with van der Waals surface area (Å²) in [6.07, 6.45) is 0. The molecule has 4 heteroatoms. The van der Waals surface area contributed by atoms with E-state index in [2.05, 4.69) is 165 Å². The van der Waals surface area contributed by atoms with Crippen LogP contribution in [-0.2, 0) is 17.0 Å². The zero-order valence-electron chi connectivity index (χ0n) is 22.7. The van der Waals surface area contributed by atoms with Crippen LogP contribution in [-0.4, -0.2) is 0 Å². The largest absolute Gasteiger partial charge is 0.160 e. The maximum Gasteiger partial charge on any atom is -0.0166 e. The van der Waals surface area contributed by atoms with E-state index in [1.807, 2.05) is 0 Å². The molecule has 0 bridgehead atoms. The summed E-state index contributed by atoms with van der Waals surface area (Å²) in [5, 5.41) is 9.57. The van der Waals surface area contributed by atoms with Gasteiger partial charge in [-0.05, 0) is 24.1 Å². The van der Waals surface area contributed by atoms with Crippen LogP contribution >= 0.6 is 26.5 Å². The third-order valence-electron chi connectivity index (χ3n) is 6.87. The van der Waals surface area contributed by atoms with Crippen LogP contribution in [0.2, 0.25) is 0 Å². The van der Waals surface area contributed by atoms with Gasteiger partial charge in [-0.3, -0.25) is 0 Å². The van der Waals surface area contributed by atoms with Crippen molar-refractivity contribution in [3.63, 3.8) is 0 Å². The maximum atomic E-state index is 4.89. The van der Waals surface area contributed by atoms with E-state index in [0.29, 0.717) is 0 Å². The van der Waals surface area contributed by atoms with Crippen molar-refractivity contribution < 1.29 is 17.0 Å². The fourth-order valence-corrected chi connectivity index (χ4v) is 7.49. The molecule has 0 N–H and O–H groups in total. The summed E-state index contributed by atoms with van der Waals surface area (Å²) < 4.78 is 0. The number of halogens is 2. The van der Waals surface area contributed by atoms with E-state index in [4.69, 9.17) is 18.6 Å². The third kappa shape index (κ3) is 7.47. The van der Waals surface area contributed by atoms with Gasteiger partial charge in [0.1, 0.15) is 0 Å². The van der Waals surface area contributed by atoms with E-state index in [0.717, 1.165) is 0 Å². The van der Waals surface area contributed by atoms with Gasteiger partial charge in [-0.1, -0.05) is 116 Å². The summed E-state index contributed by atoms with van der Waals surface area (Å²) in [6.45, 7) is 2.15. The van der Waals surface area contributed by atoms with Crippen molar-refractivity contribution in [3.05, 3.63) is 163 Å². The molecule has 0 spiro atoms. The number of hydrogen-bond donors (Lipinski definition) is 0. The quantitative estimate of drug-likeness (QED) is 0.104. The van der Waals surface area contributed by atoms with Crippen molar-refractivity contribution in [1.29, 1.82) is 0 Å². The summed E-state index contributed by atoms with van der Waals surface area (Å²) in [6, 6.07) is 56.6. The van der Waals surface area contributed by atoms with Gasteiger partial charge in [0.15, 0.2) is 0 Å². The molecule has 41 heavy (non-hydrogen) atoms. The zero-order chi connectivity index (χ0) is 28.4. The zero-order valence-corrected chi connectivity index (χ0v) is 26.7. The first kappa shape index (κ1) is 29.5. The monoisotopic (exact) mass is 622 g/mol. The van der Waals surface area contributed by atoms with Gasteiger partial charge in [-0.2, -0.15) is 12.1 Å². The summed E-state index contributed by atoms with van der Waals surface area (Å²) in [7, 11) is 9.28. The van der Waals surface area contributed by atoms with Crippen LogP contribution in [0.4, 0.5) is 0 Å². The van der Waals surface area contributed by atoms with Gasteiger partial charge in [0.25, 0.3) is 0 Å². The molecule has 7 rings (SSSR count). The second-order valence-corrected chi connectivity index (χ2v) is 14.4. The summed E-state index contributed by atoms with van der Waals surface area (Å²) in [5.41, 5.74) is 3.95. The Bertz CT molecular complexity index is 1720. The molecule has 0 atom stereocenters. The normalized spacial score (nSPS) is 10.5. The molecule has 0 radical (unpaired) electrons. The van der Waals surface area contributed by atoms with Crippen LogP contribution in [0, 0.1) is 6.92 Å². The number of benzene rings is 5. The molecule has 0 heterocycles. The molecular weight excluding hydrogens is 594 g/mol. The summed E-state index contributed by atoms with van der Waals surface area (Å²) >= 11 is -0.556. The van der Waals surface area contributed by atoms with Crippen LogP contribution in [0.15, 0.2) is 158 Å². The van der Waals surface area contributed by atoms with Crippen molar-refractivity contribution in [2.24, 2.45) is 0 Å². The molecule has 0 aromatic heterocycles. The van der Waals surface area contributed by atoms with E-state index >= 15 is 0 Å². The summed E-state index contributed by atoms with van der Waals surface area (Å²) in [4.78, 5) is 0. The standard InChI is InChI=1S/C21H16P.C16H13.2ClH.Ti/c1-3-11-19(12-4-1)22(20-13-5-2-6-14-20)21-15-17-9-7-8-10-18(17)16-21;1-12-10-14-8-5-9-15(16(14)11-12)13-6-3-2-4-7-13;;;/h1-16H;2-11H,1H3;2*1H;/q2*-1;;;+2/p-2. The number of rotatable bonds is 4. The minimum Gasteiger partial charge on any atom is -0.160 e. The fourth-order valence-electron chi connectivity index (χ4n) is 5.12. The number of fused-ring (bicyclic) bond motifs is 2. The first-order valence-corrected chi connectivity index (χ1v) is 19.1. The molecule has 0 fully saturated rings. The van der Waals surface area contributed by atoms with Crippen molar-refractivity contribution >= 4 is 64.0 Å². The minimum absolute atomic E-state index is 0.493. The molecule has 7 aromatic carbocycles. The third-order valence-corrected chi connectivity index (χ3v) is 9.27. The number of hydrogen-bond acceptors (Lipinski definition) is 0. The smallest absolute Gasteiger partial charge is 0.0166 e. The Balaban J connectivity index is 0.000000157. The molecule has 7 aromatic rings. The predicted octanol–water partition coefficient (Wildman–Crippen LogP) is 10.2. The molecule has 202 valence electrons. The fraction of sp³-hybridized carbons (Fsp3) is 0.0270. The molecule has 0 saturated heterocycles. The average molecular weight is 623 g/mol. The Morgan fingerprint density at radius 1 is 0.561 bits per heavy atom. The second kappa shape index (κ2) is 14.8. The van der Waals surface area contributed by atoms with Gasteiger partial charge < -0.3 is 0 Å². The van der Waals surface area contributed by atoms with Gasteiger partial charge in [0, 0.05) is 0 Å². The Morgan fingerprint density at radius 2 is 1.10 bits per heavy atom.